The molecule has 1 fully saturated rings. The van der Waals surface area contributed by atoms with Gasteiger partial charge in [0.2, 0.25) is 41.4 Å². The van der Waals surface area contributed by atoms with Gasteiger partial charge in [-0.15, -0.1) is 0 Å². The second-order valence-electron chi connectivity index (χ2n) is 15.4. The first-order valence-corrected chi connectivity index (χ1v) is 20.4. The van der Waals surface area contributed by atoms with E-state index in [1.165, 1.54) is 0 Å². The maximum Gasteiger partial charge on any atom is 0.243 e. The van der Waals surface area contributed by atoms with Crippen molar-refractivity contribution < 1.29 is 33.6 Å². The molecule has 0 saturated carbocycles. The largest absolute Gasteiger partial charge is 0.370 e. The topological polar surface area (TPSA) is 298 Å². The number of unbranched alkanes of at least 4 members (excludes halogenated alkanes) is 1. The Labute approximate surface area is 349 Å². The normalized spacial score (nSPS) is 22.7. The number of benzene rings is 2. The Hall–Kier alpha value is -6.46. The molecule has 60 heavy (non-hydrogen) atoms. The van der Waals surface area contributed by atoms with Crippen molar-refractivity contribution >= 4 is 58.2 Å². The summed E-state index contributed by atoms with van der Waals surface area (Å²) < 4.78 is 0. The minimum absolute atomic E-state index is 0.0185. The van der Waals surface area contributed by atoms with E-state index in [0.29, 0.717) is 24.0 Å². The number of carbonyl (C=O) groups excluding carboxylic acids is 7. The summed E-state index contributed by atoms with van der Waals surface area (Å²) in [5.74, 6) is -5.60. The number of nitrogens with one attached hydrogen (secondary N) is 7. The summed E-state index contributed by atoms with van der Waals surface area (Å²) in [6.07, 6.45) is 2.98. The lowest BCUT2D eigenvalue weighted by molar-refractivity contribution is -0.136. The predicted octanol–water partition coefficient (Wildman–Crippen LogP) is 0.0408. The van der Waals surface area contributed by atoms with Crippen LogP contribution in [-0.4, -0.2) is 95.1 Å². The maximum atomic E-state index is 14.3. The first-order chi connectivity index (χ1) is 28.7. The zero-order valence-corrected chi connectivity index (χ0v) is 34.4. The van der Waals surface area contributed by atoms with Gasteiger partial charge in [0, 0.05) is 42.9 Å². The lowest BCUT2D eigenvalue weighted by Gasteiger charge is -2.29. The number of hydrogen-bond donors (Lipinski definition) is 10. The number of guanidine groups is 1. The van der Waals surface area contributed by atoms with Crippen LogP contribution in [0.25, 0.3) is 10.9 Å². The highest BCUT2D eigenvalue weighted by Crippen LogP contribution is 2.20. The molecule has 18 heteroatoms. The summed E-state index contributed by atoms with van der Waals surface area (Å²) in [5, 5.41) is 17.2. The van der Waals surface area contributed by atoms with Gasteiger partial charge in [-0.2, -0.15) is 0 Å². The third-order valence-electron chi connectivity index (χ3n) is 10.3. The van der Waals surface area contributed by atoms with Gasteiger partial charge in [0.1, 0.15) is 36.3 Å². The van der Waals surface area contributed by atoms with Crippen LogP contribution in [0.2, 0.25) is 0 Å². The molecule has 0 bridgehead atoms. The Kier molecular flexibility index (Phi) is 17.4. The number of aromatic amines is 1. The third-order valence-corrected chi connectivity index (χ3v) is 10.3. The number of nitrogens with zero attached hydrogens (tertiary/aromatic N) is 1. The number of para-hydroxylation sites is 1. The zero-order chi connectivity index (χ0) is 43.8. The van der Waals surface area contributed by atoms with Gasteiger partial charge < -0.3 is 54.1 Å². The van der Waals surface area contributed by atoms with E-state index in [-0.39, 0.29) is 57.5 Å². The number of rotatable bonds is 13. The highest BCUT2D eigenvalue weighted by Gasteiger charge is 2.35. The lowest BCUT2D eigenvalue weighted by Crippen LogP contribution is -2.61. The Balaban J connectivity index is 1.78. The SMILES string of the molecule is CCCC[C@@H]1NC(=O)CC[C@@H](C(N)=O)NC(=O)[C@H](Cc2c[nH]c3ccccc23)NC(=O)[C@H](CCCN=C(N)N)NC(=O)[C@@H](Cc2ccccc2)NC(=O)[C@H](C(C)C)NC1=O. The monoisotopic (exact) mass is 829 g/mol. The Morgan fingerprint density at radius 3 is 1.97 bits per heavy atom. The highest BCUT2D eigenvalue weighted by molar-refractivity contribution is 5.98. The molecule has 1 aromatic heterocycles. The molecule has 0 spiro atoms. The van der Waals surface area contributed by atoms with Crippen molar-refractivity contribution in [2.45, 2.75) is 115 Å². The van der Waals surface area contributed by atoms with Crippen LogP contribution in [0.4, 0.5) is 0 Å². The molecule has 18 nitrogen and oxygen atoms in total. The maximum absolute atomic E-state index is 14.3. The molecular formula is C42H59N11O7. The van der Waals surface area contributed by atoms with Gasteiger partial charge in [0.05, 0.1) is 0 Å². The van der Waals surface area contributed by atoms with Crippen LogP contribution in [0.5, 0.6) is 0 Å². The Morgan fingerprint density at radius 1 is 0.700 bits per heavy atom. The zero-order valence-electron chi connectivity index (χ0n) is 34.4. The summed E-state index contributed by atoms with van der Waals surface area (Å²) in [6, 6.07) is 9.04. The minimum atomic E-state index is -1.33. The van der Waals surface area contributed by atoms with Crippen molar-refractivity contribution in [3.05, 3.63) is 71.9 Å². The van der Waals surface area contributed by atoms with Crippen molar-refractivity contribution in [2.24, 2.45) is 28.1 Å². The summed E-state index contributed by atoms with van der Waals surface area (Å²) in [7, 11) is 0. The standard InChI is InChI=1S/C42H59N11O7/c1-4-5-15-30-38(57)53-35(24(2)3)41(60)52-32(21-25-12-7-6-8-13-25)39(58)50-31(17-11-20-46-42(44)45)37(56)51-33(22-26-23-47-28-16-10-9-14-27(26)28)40(59)49-29(36(43)55)18-19-34(54)48-30/h6-10,12-14,16,23-24,29-33,35,47H,4-5,11,15,17-22H2,1-3H3,(H2,43,55)(H,48,54)(H,49,59)(H,50,58)(H,51,56)(H,52,60)(H,53,57)(H4,44,45,46)/t29-,30-,31-,32+,33-,35-/m0/s1. The van der Waals surface area contributed by atoms with Crippen LogP contribution in [0.15, 0.2) is 65.8 Å². The molecule has 0 radical (unpaired) electrons. The summed E-state index contributed by atoms with van der Waals surface area (Å²) in [4.78, 5) is 104. The van der Waals surface area contributed by atoms with Gasteiger partial charge in [-0.05, 0) is 48.8 Å². The van der Waals surface area contributed by atoms with Crippen LogP contribution in [-0.2, 0) is 46.4 Å². The van der Waals surface area contributed by atoms with Gasteiger partial charge in [0.15, 0.2) is 5.96 Å². The van der Waals surface area contributed by atoms with E-state index in [0.717, 1.165) is 10.9 Å². The predicted molar refractivity (Wildman–Crippen MR) is 226 cm³/mol. The molecule has 1 saturated heterocycles. The molecule has 7 amide bonds. The fourth-order valence-corrected chi connectivity index (χ4v) is 6.93. The second-order valence-corrected chi connectivity index (χ2v) is 15.4. The summed E-state index contributed by atoms with van der Waals surface area (Å²) >= 11 is 0. The fourth-order valence-electron chi connectivity index (χ4n) is 6.93. The molecule has 1 aliphatic heterocycles. The number of carbonyl (C=O) groups is 7. The molecule has 1 aliphatic rings. The number of primary amides is 1. The number of fused-ring (bicyclic) bond motifs is 1. The van der Waals surface area contributed by atoms with Crippen LogP contribution in [0, 0.1) is 5.92 Å². The Bertz CT molecular complexity index is 2000. The molecule has 2 aromatic carbocycles. The van der Waals surface area contributed by atoms with Crippen LogP contribution in [0.3, 0.4) is 0 Å². The van der Waals surface area contributed by atoms with E-state index in [1.807, 2.05) is 31.2 Å². The van der Waals surface area contributed by atoms with Gasteiger partial charge in [0.25, 0.3) is 0 Å². The smallest absolute Gasteiger partial charge is 0.243 e. The molecule has 2 heterocycles. The van der Waals surface area contributed by atoms with Gasteiger partial charge in [-0.1, -0.05) is 82.1 Å². The highest BCUT2D eigenvalue weighted by atomic mass is 16.2. The first-order valence-electron chi connectivity index (χ1n) is 20.4. The van der Waals surface area contributed by atoms with Crippen molar-refractivity contribution in [2.75, 3.05) is 6.54 Å². The molecular weight excluding hydrogens is 771 g/mol. The number of aromatic nitrogens is 1. The second kappa shape index (κ2) is 22.6. The van der Waals surface area contributed by atoms with Crippen molar-refractivity contribution in [1.82, 2.24) is 36.9 Å². The van der Waals surface area contributed by atoms with E-state index in [2.05, 4.69) is 41.9 Å². The van der Waals surface area contributed by atoms with Gasteiger partial charge >= 0.3 is 0 Å². The lowest BCUT2D eigenvalue weighted by atomic mass is 9.99. The van der Waals surface area contributed by atoms with Crippen molar-refractivity contribution in [3.63, 3.8) is 0 Å². The minimum Gasteiger partial charge on any atom is -0.370 e. The molecule has 0 aliphatic carbocycles. The quantitative estimate of drug-likeness (QED) is 0.0631. The van der Waals surface area contributed by atoms with Gasteiger partial charge in [-0.25, -0.2) is 0 Å². The fraction of sp³-hybridized carbons (Fsp3) is 0.476. The van der Waals surface area contributed by atoms with E-state index >= 15 is 0 Å². The molecule has 3 aromatic rings. The number of aliphatic imine (C=N–C) groups is 1. The molecule has 6 atom stereocenters. The molecule has 0 unspecified atom stereocenters. The van der Waals surface area contributed by atoms with E-state index in [9.17, 15) is 33.6 Å². The van der Waals surface area contributed by atoms with E-state index in [1.54, 1.807) is 50.4 Å². The molecule has 324 valence electrons. The number of hydrogen-bond acceptors (Lipinski definition) is 8. The number of nitrogens with two attached hydrogens (primary N) is 3. The first kappa shape index (κ1) is 46.2. The number of H-pyrrole nitrogens is 1. The molecule has 13 N–H and O–H groups in total. The third kappa shape index (κ3) is 13.8. The average molecular weight is 830 g/mol. The summed E-state index contributed by atoms with van der Waals surface area (Å²) in [6.45, 7) is 5.51. The van der Waals surface area contributed by atoms with E-state index < -0.39 is 83.5 Å². The van der Waals surface area contributed by atoms with Crippen molar-refractivity contribution in [3.8, 4) is 0 Å². The van der Waals surface area contributed by atoms with Crippen LogP contribution >= 0.6 is 0 Å². The van der Waals surface area contributed by atoms with E-state index in [4.69, 9.17) is 17.2 Å². The average Bonchev–Trinajstić information content (AvgIpc) is 3.62. The van der Waals surface area contributed by atoms with Gasteiger partial charge in [-0.3, -0.25) is 38.6 Å². The summed E-state index contributed by atoms with van der Waals surface area (Å²) in [5.41, 5.74) is 18.9. The van der Waals surface area contributed by atoms with Crippen LogP contribution in [0.1, 0.15) is 76.8 Å². The number of amides is 7. The van der Waals surface area contributed by atoms with Crippen LogP contribution < -0.4 is 49.1 Å². The Morgan fingerprint density at radius 2 is 1.28 bits per heavy atom. The molecule has 4 rings (SSSR count). The van der Waals surface area contributed by atoms with Crippen molar-refractivity contribution in [1.29, 1.82) is 0 Å².